The maximum Gasteiger partial charge on any atom is 0.337 e. The first-order valence-corrected chi connectivity index (χ1v) is 8.48. The first kappa shape index (κ1) is 17.2. The van der Waals surface area contributed by atoms with Crippen LogP contribution in [0.1, 0.15) is 33.6 Å². The van der Waals surface area contributed by atoms with Crippen molar-refractivity contribution in [2.75, 3.05) is 10.6 Å². The molecule has 3 N–H and O–H groups in total. The van der Waals surface area contributed by atoms with E-state index >= 15 is 0 Å². The molecule has 25 heavy (non-hydrogen) atoms. The molecular weight excluding hydrogens is 388 g/mol. The largest absolute Gasteiger partial charge is 0.478 e. The fraction of sp³-hybridized carbons (Fsp3) is 0.167. The molecule has 2 aromatic rings. The number of amides is 2. The van der Waals surface area contributed by atoms with E-state index in [9.17, 15) is 19.5 Å². The number of hydrogen-bond donors (Lipinski definition) is 3. The van der Waals surface area contributed by atoms with E-state index in [-0.39, 0.29) is 23.1 Å². The molecule has 1 aliphatic carbocycles. The number of hydrogen-bond acceptors (Lipinski definition) is 3. The van der Waals surface area contributed by atoms with E-state index in [2.05, 4.69) is 26.6 Å². The molecule has 0 atom stereocenters. The zero-order chi connectivity index (χ0) is 18.0. The average molecular weight is 403 g/mol. The lowest BCUT2D eigenvalue weighted by Gasteiger charge is -2.10. The number of carbonyl (C=O) groups excluding carboxylic acids is 2. The zero-order valence-electron chi connectivity index (χ0n) is 13.1. The van der Waals surface area contributed by atoms with Crippen LogP contribution in [0.5, 0.6) is 0 Å². The molecule has 0 unspecified atom stereocenters. The predicted molar refractivity (Wildman–Crippen MR) is 96.9 cm³/mol. The number of rotatable bonds is 5. The lowest BCUT2D eigenvalue weighted by atomic mass is 10.1. The Labute approximate surface area is 152 Å². The van der Waals surface area contributed by atoms with E-state index in [0.717, 1.165) is 12.8 Å². The van der Waals surface area contributed by atoms with Gasteiger partial charge in [-0.2, -0.15) is 0 Å². The Hall–Kier alpha value is -2.67. The Balaban J connectivity index is 1.77. The van der Waals surface area contributed by atoms with Gasteiger partial charge in [-0.25, -0.2) is 4.79 Å². The van der Waals surface area contributed by atoms with Crippen LogP contribution in [0.4, 0.5) is 11.4 Å². The van der Waals surface area contributed by atoms with Crippen molar-refractivity contribution in [3.8, 4) is 0 Å². The first-order valence-electron chi connectivity index (χ1n) is 7.69. The Kier molecular flexibility index (Phi) is 4.85. The summed E-state index contributed by atoms with van der Waals surface area (Å²) < 4.78 is 0.604. The molecule has 7 heteroatoms. The van der Waals surface area contributed by atoms with Crippen LogP contribution < -0.4 is 10.6 Å². The van der Waals surface area contributed by atoms with E-state index in [0.29, 0.717) is 15.7 Å². The van der Waals surface area contributed by atoms with Gasteiger partial charge in [0.2, 0.25) is 5.91 Å². The van der Waals surface area contributed by atoms with Crippen LogP contribution >= 0.6 is 15.9 Å². The Bertz CT molecular complexity index is 862. The summed E-state index contributed by atoms with van der Waals surface area (Å²) in [7, 11) is 0. The molecule has 0 radical (unpaired) electrons. The Morgan fingerprint density at radius 3 is 2.48 bits per heavy atom. The molecule has 3 rings (SSSR count). The molecule has 0 aliphatic heterocycles. The van der Waals surface area contributed by atoms with Crippen LogP contribution in [0.3, 0.4) is 0 Å². The average Bonchev–Trinajstić information content (AvgIpc) is 3.41. The third-order valence-electron chi connectivity index (χ3n) is 3.80. The van der Waals surface area contributed by atoms with Gasteiger partial charge in [0, 0.05) is 21.6 Å². The van der Waals surface area contributed by atoms with Gasteiger partial charge in [-0.1, -0.05) is 22.0 Å². The zero-order valence-corrected chi connectivity index (χ0v) is 14.7. The molecule has 0 saturated heterocycles. The summed E-state index contributed by atoms with van der Waals surface area (Å²) >= 11 is 3.21. The number of benzene rings is 2. The molecule has 1 fully saturated rings. The van der Waals surface area contributed by atoms with Gasteiger partial charge in [0.1, 0.15) is 0 Å². The SMILES string of the molecule is O=C(Nc1ccc(Br)cc1C(=O)O)c1cccc(NC(=O)C2CC2)c1. The van der Waals surface area contributed by atoms with Gasteiger partial charge in [-0.15, -0.1) is 0 Å². The lowest BCUT2D eigenvalue weighted by molar-refractivity contribution is -0.117. The molecule has 2 amide bonds. The van der Waals surface area contributed by atoms with E-state index in [1.165, 1.54) is 12.1 Å². The van der Waals surface area contributed by atoms with Crippen molar-refractivity contribution in [1.82, 2.24) is 0 Å². The smallest absolute Gasteiger partial charge is 0.337 e. The fourth-order valence-electron chi connectivity index (χ4n) is 2.32. The van der Waals surface area contributed by atoms with Crippen molar-refractivity contribution in [3.05, 3.63) is 58.1 Å². The molecule has 128 valence electrons. The Morgan fingerprint density at radius 2 is 1.80 bits per heavy atom. The molecular formula is C18H15BrN2O4. The van der Waals surface area contributed by atoms with E-state index in [4.69, 9.17) is 0 Å². The summed E-state index contributed by atoms with van der Waals surface area (Å²) in [6, 6.07) is 11.1. The maximum atomic E-state index is 12.4. The minimum Gasteiger partial charge on any atom is -0.478 e. The number of carboxylic acids is 1. The van der Waals surface area contributed by atoms with Crippen molar-refractivity contribution < 1.29 is 19.5 Å². The summed E-state index contributed by atoms with van der Waals surface area (Å²) in [4.78, 5) is 35.6. The number of aromatic carboxylic acids is 1. The highest BCUT2D eigenvalue weighted by molar-refractivity contribution is 9.10. The first-order chi connectivity index (χ1) is 11.9. The molecule has 0 spiro atoms. The molecule has 1 aliphatic rings. The van der Waals surface area contributed by atoms with Crippen molar-refractivity contribution in [3.63, 3.8) is 0 Å². The second-order valence-electron chi connectivity index (χ2n) is 5.79. The second kappa shape index (κ2) is 7.06. The summed E-state index contributed by atoms with van der Waals surface area (Å²) in [5.41, 5.74) is 1.06. The molecule has 0 aromatic heterocycles. The van der Waals surface area contributed by atoms with Gasteiger partial charge in [-0.3, -0.25) is 9.59 Å². The third-order valence-corrected chi connectivity index (χ3v) is 4.29. The highest BCUT2D eigenvalue weighted by Gasteiger charge is 2.29. The maximum absolute atomic E-state index is 12.4. The highest BCUT2D eigenvalue weighted by atomic mass is 79.9. The number of carboxylic acid groups (broad SMARTS) is 1. The molecule has 1 saturated carbocycles. The predicted octanol–water partition coefficient (Wildman–Crippen LogP) is 3.75. The highest BCUT2D eigenvalue weighted by Crippen LogP contribution is 2.30. The van der Waals surface area contributed by atoms with Gasteiger partial charge in [-0.05, 0) is 49.2 Å². The van der Waals surface area contributed by atoms with Crippen molar-refractivity contribution in [2.45, 2.75) is 12.8 Å². The number of nitrogens with one attached hydrogen (secondary N) is 2. The monoisotopic (exact) mass is 402 g/mol. The minimum atomic E-state index is -1.14. The van der Waals surface area contributed by atoms with E-state index in [1.54, 1.807) is 30.3 Å². The standard InChI is InChI=1S/C18H15BrN2O4/c19-12-6-7-15(14(9-12)18(24)25)21-17(23)11-2-1-3-13(8-11)20-16(22)10-4-5-10/h1-3,6-10H,4-5H2,(H,20,22)(H,21,23)(H,24,25). The van der Waals surface area contributed by atoms with Crippen molar-refractivity contribution in [2.24, 2.45) is 5.92 Å². The summed E-state index contributed by atoms with van der Waals surface area (Å²) in [6.07, 6.45) is 1.79. The molecule has 0 bridgehead atoms. The fourth-order valence-corrected chi connectivity index (χ4v) is 2.69. The van der Waals surface area contributed by atoms with Gasteiger partial charge < -0.3 is 15.7 Å². The van der Waals surface area contributed by atoms with Crippen LogP contribution in [-0.2, 0) is 4.79 Å². The number of halogens is 1. The van der Waals surface area contributed by atoms with Gasteiger partial charge >= 0.3 is 5.97 Å². The van der Waals surface area contributed by atoms with Crippen molar-refractivity contribution >= 4 is 45.1 Å². The van der Waals surface area contributed by atoms with E-state index in [1.807, 2.05) is 0 Å². The van der Waals surface area contributed by atoms with E-state index < -0.39 is 11.9 Å². The normalized spacial score (nSPS) is 13.2. The lowest BCUT2D eigenvalue weighted by Crippen LogP contribution is -2.16. The van der Waals surface area contributed by atoms with Crippen LogP contribution in [0, 0.1) is 5.92 Å². The molecule has 0 heterocycles. The van der Waals surface area contributed by atoms with Gasteiger partial charge in [0.25, 0.3) is 5.91 Å². The van der Waals surface area contributed by atoms with Crippen LogP contribution in [-0.4, -0.2) is 22.9 Å². The topological polar surface area (TPSA) is 95.5 Å². The molecule has 2 aromatic carbocycles. The number of carbonyl (C=O) groups is 3. The summed E-state index contributed by atoms with van der Waals surface area (Å²) in [6.45, 7) is 0. The third kappa shape index (κ3) is 4.24. The molecule has 6 nitrogen and oxygen atoms in total. The van der Waals surface area contributed by atoms with Crippen LogP contribution in [0.2, 0.25) is 0 Å². The van der Waals surface area contributed by atoms with Crippen LogP contribution in [0.15, 0.2) is 46.9 Å². The summed E-state index contributed by atoms with van der Waals surface area (Å²) in [5, 5.41) is 14.6. The van der Waals surface area contributed by atoms with Crippen LogP contribution in [0.25, 0.3) is 0 Å². The van der Waals surface area contributed by atoms with Gasteiger partial charge in [0.05, 0.1) is 11.3 Å². The second-order valence-corrected chi connectivity index (χ2v) is 6.71. The quantitative estimate of drug-likeness (QED) is 0.709. The Morgan fingerprint density at radius 1 is 1.04 bits per heavy atom. The van der Waals surface area contributed by atoms with Crippen molar-refractivity contribution in [1.29, 1.82) is 0 Å². The number of anilines is 2. The summed E-state index contributed by atoms with van der Waals surface area (Å²) in [5.74, 6) is -1.56. The van der Waals surface area contributed by atoms with Gasteiger partial charge in [0.15, 0.2) is 0 Å². The minimum absolute atomic E-state index is 0.0130.